The summed E-state index contributed by atoms with van der Waals surface area (Å²) < 4.78 is 0. The second-order valence-electron chi connectivity index (χ2n) is 12.6. The Morgan fingerprint density at radius 1 is 0.370 bits per heavy atom. The molecule has 12 heteroatoms. The molecule has 1 unspecified atom stereocenters. The van der Waals surface area contributed by atoms with Gasteiger partial charge < -0.3 is 51.1 Å². The summed E-state index contributed by atoms with van der Waals surface area (Å²) in [4.78, 5) is 11.3. The standard InChI is InChI=1S/C42H32O12/c43-22-6-11-28(33(47)15-22)39(32-10-5-21-3-1-2-4-27(21)42(32)52)31-14-9-25(46)18-38(31)54-53-26-19-36(50)41(37(51)20-26)40(29-12-7-23(44)16-34(29)48)30-13-8-24(45)17-35(30)49/h1-20,39-40,43-52H. The zero-order valence-corrected chi connectivity index (χ0v) is 28.0. The number of hydrogen-bond acceptors (Lipinski definition) is 12. The molecule has 0 saturated heterocycles. The number of fused-ring (bicyclic) bond motifs is 1. The Hall–Kier alpha value is -7.60. The molecule has 0 amide bonds. The Bertz CT molecular complexity index is 2470. The third-order valence-corrected chi connectivity index (χ3v) is 9.15. The van der Waals surface area contributed by atoms with Crippen molar-refractivity contribution in [1.82, 2.24) is 0 Å². The molecule has 272 valence electrons. The fraction of sp³-hybridized carbons (Fsp3) is 0.0476. The van der Waals surface area contributed by atoms with Gasteiger partial charge in [-0.3, -0.25) is 9.78 Å². The number of hydrogen-bond donors (Lipinski definition) is 10. The Balaban J connectivity index is 1.30. The second kappa shape index (κ2) is 13.8. The molecule has 0 fully saturated rings. The van der Waals surface area contributed by atoms with Crippen molar-refractivity contribution in [1.29, 1.82) is 0 Å². The molecule has 7 aromatic rings. The van der Waals surface area contributed by atoms with E-state index in [1.165, 1.54) is 54.6 Å². The van der Waals surface area contributed by atoms with Gasteiger partial charge in [0, 0.05) is 87.0 Å². The van der Waals surface area contributed by atoms with Crippen molar-refractivity contribution in [3.63, 3.8) is 0 Å². The summed E-state index contributed by atoms with van der Waals surface area (Å²) >= 11 is 0. The minimum atomic E-state index is -1.23. The lowest BCUT2D eigenvalue weighted by Crippen LogP contribution is -2.10. The Morgan fingerprint density at radius 3 is 1.37 bits per heavy atom. The molecule has 0 spiro atoms. The number of benzene rings is 7. The van der Waals surface area contributed by atoms with Gasteiger partial charge in [-0.1, -0.05) is 60.7 Å². The van der Waals surface area contributed by atoms with Gasteiger partial charge in [0.15, 0.2) is 11.5 Å². The van der Waals surface area contributed by atoms with Crippen molar-refractivity contribution in [3.05, 3.63) is 155 Å². The lowest BCUT2D eigenvalue weighted by Gasteiger charge is -2.24. The molecule has 0 aliphatic carbocycles. The van der Waals surface area contributed by atoms with Crippen LogP contribution in [0.2, 0.25) is 0 Å². The van der Waals surface area contributed by atoms with Gasteiger partial charge in [-0.25, -0.2) is 0 Å². The Kier molecular flexibility index (Phi) is 8.93. The highest BCUT2D eigenvalue weighted by Gasteiger charge is 2.31. The van der Waals surface area contributed by atoms with Crippen molar-refractivity contribution in [2.75, 3.05) is 0 Å². The molecule has 54 heavy (non-hydrogen) atoms. The zero-order chi connectivity index (χ0) is 38.3. The molecule has 0 radical (unpaired) electrons. The van der Waals surface area contributed by atoms with E-state index in [4.69, 9.17) is 9.78 Å². The van der Waals surface area contributed by atoms with E-state index in [0.717, 1.165) is 35.7 Å². The first-order valence-electron chi connectivity index (χ1n) is 16.4. The van der Waals surface area contributed by atoms with E-state index < -0.39 is 34.8 Å². The third kappa shape index (κ3) is 6.50. The molecule has 7 rings (SSSR count). The van der Waals surface area contributed by atoms with E-state index in [1.807, 2.05) is 12.1 Å². The maximum absolute atomic E-state index is 11.5. The number of phenols is 10. The third-order valence-electron chi connectivity index (χ3n) is 9.15. The van der Waals surface area contributed by atoms with Crippen LogP contribution in [0.5, 0.6) is 69.0 Å². The first-order chi connectivity index (χ1) is 25.9. The molecule has 0 bridgehead atoms. The molecule has 0 aromatic heterocycles. The second-order valence-corrected chi connectivity index (χ2v) is 12.6. The minimum absolute atomic E-state index is 0.0779. The van der Waals surface area contributed by atoms with E-state index in [9.17, 15) is 51.1 Å². The number of phenolic OH excluding ortho intramolecular Hbond substituents is 10. The normalized spacial score (nSPS) is 11.8. The topological polar surface area (TPSA) is 221 Å². The molecular formula is C42H32O12. The number of rotatable bonds is 9. The minimum Gasteiger partial charge on any atom is -0.508 e. The van der Waals surface area contributed by atoms with Crippen LogP contribution in [0.3, 0.4) is 0 Å². The average Bonchev–Trinajstić information content (AvgIpc) is 3.12. The molecule has 0 aliphatic heterocycles. The lowest BCUT2D eigenvalue weighted by molar-refractivity contribution is -0.101. The van der Waals surface area contributed by atoms with E-state index >= 15 is 0 Å². The van der Waals surface area contributed by atoms with E-state index in [0.29, 0.717) is 10.9 Å². The molecule has 7 aromatic carbocycles. The van der Waals surface area contributed by atoms with Crippen LogP contribution in [0.4, 0.5) is 0 Å². The van der Waals surface area contributed by atoms with Crippen LogP contribution in [0.15, 0.2) is 121 Å². The van der Waals surface area contributed by atoms with Gasteiger partial charge in [-0.15, -0.1) is 0 Å². The molecule has 0 aliphatic rings. The average molecular weight is 729 g/mol. The van der Waals surface area contributed by atoms with Gasteiger partial charge in [0.05, 0.1) is 0 Å². The van der Waals surface area contributed by atoms with E-state index in [-0.39, 0.29) is 73.8 Å². The van der Waals surface area contributed by atoms with Gasteiger partial charge in [-0.2, -0.15) is 0 Å². The monoisotopic (exact) mass is 728 g/mol. The predicted octanol–water partition coefficient (Wildman–Crippen LogP) is 7.63. The zero-order valence-electron chi connectivity index (χ0n) is 28.0. The smallest absolute Gasteiger partial charge is 0.186 e. The van der Waals surface area contributed by atoms with Crippen LogP contribution in [-0.2, 0) is 0 Å². The molecule has 0 saturated carbocycles. The quantitative estimate of drug-likeness (QED) is 0.0394. The van der Waals surface area contributed by atoms with Gasteiger partial charge in [0.2, 0.25) is 0 Å². The summed E-state index contributed by atoms with van der Waals surface area (Å²) in [6.07, 6.45) is 0. The highest BCUT2D eigenvalue weighted by Crippen LogP contribution is 2.50. The van der Waals surface area contributed by atoms with Crippen molar-refractivity contribution in [3.8, 4) is 69.0 Å². The SMILES string of the molecule is Oc1ccc(C(c2ccc(O)cc2OOc2cc(O)c(C(c3ccc(O)cc3O)c3ccc(O)cc3O)c(O)c2)c2ccc3ccccc3c2O)c(O)c1. The summed E-state index contributed by atoms with van der Waals surface area (Å²) in [5.74, 6) is -5.84. The highest BCUT2D eigenvalue weighted by molar-refractivity contribution is 5.90. The first-order valence-corrected chi connectivity index (χ1v) is 16.4. The first kappa shape index (κ1) is 34.8. The van der Waals surface area contributed by atoms with Gasteiger partial charge in [-0.05, 0) is 29.7 Å². The van der Waals surface area contributed by atoms with Crippen molar-refractivity contribution in [2.45, 2.75) is 11.8 Å². The maximum atomic E-state index is 11.5. The summed E-state index contributed by atoms with van der Waals surface area (Å²) in [6, 6.07) is 28.2. The van der Waals surface area contributed by atoms with Crippen molar-refractivity contribution < 1.29 is 60.8 Å². The lowest BCUT2D eigenvalue weighted by atomic mass is 9.82. The summed E-state index contributed by atoms with van der Waals surface area (Å²) in [5, 5.41) is 108. The van der Waals surface area contributed by atoms with Gasteiger partial charge in [0.25, 0.3) is 0 Å². The van der Waals surface area contributed by atoms with Gasteiger partial charge >= 0.3 is 0 Å². The summed E-state index contributed by atoms with van der Waals surface area (Å²) in [7, 11) is 0. The Labute approximate surface area is 306 Å². The summed E-state index contributed by atoms with van der Waals surface area (Å²) in [6.45, 7) is 0. The molecule has 1 atom stereocenters. The van der Waals surface area contributed by atoms with Crippen molar-refractivity contribution >= 4 is 10.8 Å². The fourth-order valence-electron chi connectivity index (χ4n) is 6.68. The maximum Gasteiger partial charge on any atom is 0.186 e. The van der Waals surface area contributed by atoms with E-state index in [2.05, 4.69) is 0 Å². The van der Waals surface area contributed by atoms with Crippen LogP contribution in [0.1, 0.15) is 45.2 Å². The Morgan fingerprint density at radius 2 is 0.833 bits per heavy atom. The number of aromatic hydroxyl groups is 10. The van der Waals surface area contributed by atoms with Crippen LogP contribution in [0, 0.1) is 0 Å². The molecule has 0 heterocycles. The summed E-state index contributed by atoms with van der Waals surface area (Å²) in [5.41, 5.74) is 0.857. The van der Waals surface area contributed by atoms with Gasteiger partial charge in [0.1, 0.15) is 57.5 Å². The van der Waals surface area contributed by atoms with Crippen LogP contribution >= 0.6 is 0 Å². The van der Waals surface area contributed by atoms with E-state index in [1.54, 1.807) is 24.3 Å². The largest absolute Gasteiger partial charge is 0.508 e. The highest BCUT2D eigenvalue weighted by atomic mass is 17.2. The van der Waals surface area contributed by atoms with Crippen LogP contribution in [0.25, 0.3) is 10.8 Å². The van der Waals surface area contributed by atoms with Crippen LogP contribution < -0.4 is 9.78 Å². The van der Waals surface area contributed by atoms with Crippen molar-refractivity contribution in [2.24, 2.45) is 0 Å². The fourth-order valence-corrected chi connectivity index (χ4v) is 6.68. The van der Waals surface area contributed by atoms with Crippen LogP contribution in [-0.4, -0.2) is 51.1 Å². The molecular weight excluding hydrogens is 696 g/mol. The predicted molar refractivity (Wildman–Crippen MR) is 196 cm³/mol. The molecule has 10 N–H and O–H groups in total. The molecule has 12 nitrogen and oxygen atoms in total.